The zero-order valence-electron chi connectivity index (χ0n) is 10.3. The van der Waals surface area contributed by atoms with E-state index in [1.165, 1.54) is 0 Å². The number of pyridine rings is 1. The minimum absolute atomic E-state index is 0.293. The largest absolute Gasteiger partial charge is 0.384 e. The third-order valence-corrected chi connectivity index (χ3v) is 2.38. The lowest BCUT2D eigenvalue weighted by Crippen LogP contribution is -2.41. The summed E-state index contributed by atoms with van der Waals surface area (Å²) in [5.74, 6) is 0.565. The lowest BCUT2D eigenvalue weighted by Gasteiger charge is -2.32. The second-order valence-electron chi connectivity index (χ2n) is 3.57. The second kappa shape index (κ2) is 6.33. The number of rotatable bonds is 1. The molecule has 0 aromatic carbocycles. The minimum atomic E-state index is 0.293. The van der Waals surface area contributed by atoms with Gasteiger partial charge in [0.1, 0.15) is 5.82 Å². The van der Waals surface area contributed by atoms with E-state index in [0.717, 1.165) is 25.4 Å². The van der Waals surface area contributed by atoms with Crippen LogP contribution in [0.3, 0.4) is 0 Å². The van der Waals surface area contributed by atoms with E-state index in [1.807, 2.05) is 32.2 Å². The molecule has 1 aliphatic heterocycles. The summed E-state index contributed by atoms with van der Waals surface area (Å²) in [4.78, 5) is 6.34. The highest BCUT2D eigenvalue weighted by Crippen LogP contribution is 2.17. The van der Waals surface area contributed by atoms with Gasteiger partial charge in [0.05, 0.1) is 24.6 Å². The minimum Gasteiger partial charge on any atom is -0.384 e. The van der Waals surface area contributed by atoms with E-state index in [2.05, 4.69) is 16.8 Å². The van der Waals surface area contributed by atoms with Gasteiger partial charge < -0.3 is 15.4 Å². The van der Waals surface area contributed by atoms with Gasteiger partial charge in [-0.25, -0.2) is 4.98 Å². The van der Waals surface area contributed by atoms with Crippen molar-refractivity contribution in [2.75, 3.05) is 30.3 Å². The van der Waals surface area contributed by atoms with Gasteiger partial charge in [-0.3, -0.25) is 0 Å². The summed E-state index contributed by atoms with van der Waals surface area (Å²) in [6, 6.07) is 3.83. The smallest absolute Gasteiger partial charge is 0.123 e. The molecule has 2 N–H and O–H groups in total. The lowest BCUT2D eigenvalue weighted by molar-refractivity contribution is 0.0532. The van der Waals surface area contributed by atoms with Gasteiger partial charge in [-0.15, -0.1) is 0 Å². The molecule has 1 saturated heterocycles. The molecule has 1 atom stereocenters. The second-order valence-corrected chi connectivity index (χ2v) is 3.57. The first-order chi connectivity index (χ1) is 7.75. The van der Waals surface area contributed by atoms with E-state index in [9.17, 15) is 0 Å². The third-order valence-electron chi connectivity index (χ3n) is 2.38. The average Bonchev–Trinajstić information content (AvgIpc) is 2.32. The van der Waals surface area contributed by atoms with Crippen LogP contribution in [0.1, 0.15) is 20.8 Å². The van der Waals surface area contributed by atoms with Crippen LogP contribution in [0.5, 0.6) is 0 Å². The van der Waals surface area contributed by atoms with Crippen LogP contribution in [-0.2, 0) is 4.74 Å². The molecule has 1 aromatic rings. The molecule has 0 saturated carbocycles. The van der Waals surface area contributed by atoms with Crippen molar-refractivity contribution in [3.63, 3.8) is 0 Å². The van der Waals surface area contributed by atoms with Gasteiger partial charge in [0, 0.05) is 13.1 Å². The van der Waals surface area contributed by atoms with Crippen molar-refractivity contribution >= 4 is 11.5 Å². The number of nitrogens with zero attached hydrogens (tertiary/aromatic N) is 2. The van der Waals surface area contributed by atoms with Crippen molar-refractivity contribution in [1.82, 2.24) is 4.98 Å². The fraction of sp³-hybridized carbons (Fsp3) is 0.583. The third kappa shape index (κ3) is 3.38. The van der Waals surface area contributed by atoms with Gasteiger partial charge in [-0.2, -0.15) is 0 Å². The quantitative estimate of drug-likeness (QED) is 0.790. The Kier molecular flexibility index (Phi) is 5.05. The van der Waals surface area contributed by atoms with Gasteiger partial charge in [-0.1, -0.05) is 13.8 Å². The van der Waals surface area contributed by atoms with Crippen LogP contribution < -0.4 is 10.6 Å². The number of anilines is 2. The van der Waals surface area contributed by atoms with Crippen LogP contribution in [0.2, 0.25) is 0 Å². The maximum Gasteiger partial charge on any atom is 0.123 e. The monoisotopic (exact) mass is 223 g/mol. The molecule has 1 aromatic heterocycles. The van der Waals surface area contributed by atoms with Crippen molar-refractivity contribution in [2.24, 2.45) is 0 Å². The first-order valence-corrected chi connectivity index (χ1v) is 5.84. The van der Waals surface area contributed by atoms with Gasteiger partial charge in [0.15, 0.2) is 0 Å². The highest BCUT2D eigenvalue weighted by Gasteiger charge is 2.16. The molecule has 0 radical (unpaired) electrons. The van der Waals surface area contributed by atoms with E-state index in [-0.39, 0.29) is 0 Å². The molecule has 16 heavy (non-hydrogen) atoms. The summed E-state index contributed by atoms with van der Waals surface area (Å²) in [7, 11) is 0. The predicted molar refractivity (Wildman–Crippen MR) is 67.6 cm³/mol. The predicted octanol–water partition coefficient (Wildman–Crippen LogP) is 1.92. The fourth-order valence-electron chi connectivity index (χ4n) is 1.64. The van der Waals surface area contributed by atoms with E-state index in [4.69, 9.17) is 10.5 Å². The molecule has 0 spiro atoms. The number of hydrogen-bond donors (Lipinski definition) is 1. The molecule has 90 valence electrons. The molecule has 2 heterocycles. The first kappa shape index (κ1) is 12.8. The van der Waals surface area contributed by atoms with E-state index in [1.54, 1.807) is 0 Å². The van der Waals surface area contributed by atoms with Crippen molar-refractivity contribution in [3.05, 3.63) is 18.3 Å². The Bertz CT molecular complexity index is 300. The van der Waals surface area contributed by atoms with Crippen LogP contribution in [-0.4, -0.2) is 30.8 Å². The molecular formula is C12H21N3O. The van der Waals surface area contributed by atoms with Crippen LogP contribution in [0.15, 0.2) is 18.3 Å². The summed E-state index contributed by atoms with van der Waals surface area (Å²) in [6.07, 6.45) is 2.11. The normalized spacial score (nSPS) is 19.9. The fourth-order valence-corrected chi connectivity index (χ4v) is 1.64. The maximum atomic E-state index is 5.53. The molecule has 0 amide bonds. The van der Waals surface area contributed by atoms with Gasteiger partial charge in [0.2, 0.25) is 0 Å². The molecule has 0 bridgehead atoms. The van der Waals surface area contributed by atoms with Crippen LogP contribution in [0.4, 0.5) is 11.5 Å². The summed E-state index contributed by atoms with van der Waals surface area (Å²) >= 11 is 0. The molecule has 4 nitrogen and oxygen atoms in total. The molecule has 0 aliphatic carbocycles. The Morgan fingerprint density at radius 1 is 1.44 bits per heavy atom. The summed E-state index contributed by atoms with van der Waals surface area (Å²) in [5, 5.41) is 0. The summed E-state index contributed by atoms with van der Waals surface area (Å²) < 4.78 is 5.47. The average molecular weight is 223 g/mol. The van der Waals surface area contributed by atoms with E-state index in [0.29, 0.717) is 11.9 Å². The maximum absolute atomic E-state index is 5.53. The van der Waals surface area contributed by atoms with Crippen LogP contribution in [0.25, 0.3) is 0 Å². The Labute approximate surface area is 97.4 Å². The first-order valence-electron chi connectivity index (χ1n) is 5.84. The van der Waals surface area contributed by atoms with E-state index < -0.39 is 0 Å². The zero-order chi connectivity index (χ0) is 12.0. The lowest BCUT2D eigenvalue weighted by atomic mass is 10.2. The van der Waals surface area contributed by atoms with Gasteiger partial charge in [0.25, 0.3) is 0 Å². The molecule has 0 unspecified atom stereocenters. The number of hydrogen-bond acceptors (Lipinski definition) is 4. The number of aromatic nitrogens is 1. The summed E-state index contributed by atoms with van der Waals surface area (Å²) in [6.45, 7) is 8.71. The number of nitrogen functional groups attached to an aromatic ring is 1. The SMILES string of the molecule is CC.C[C@H]1CN(c2ccc(N)nc2)CCO1. The van der Waals surface area contributed by atoms with Crippen molar-refractivity contribution < 1.29 is 4.74 Å². The highest BCUT2D eigenvalue weighted by molar-refractivity contribution is 5.48. The Morgan fingerprint density at radius 3 is 2.75 bits per heavy atom. The number of ether oxygens (including phenoxy) is 1. The Balaban J connectivity index is 0.000000606. The topological polar surface area (TPSA) is 51.4 Å². The van der Waals surface area contributed by atoms with Gasteiger partial charge >= 0.3 is 0 Å². The van der Waals surface area contributed by atoms with E-state index >= 15 is 0 Å². The van der Waals surface area contributed by atoms with Crippen LogP contribution >= 0.6 is 0 Å². The molecular weight excluding hydrogens is 202 g/mol. The molecule has 4 heteroatoms. The van der Waals surface area contributed by atoms with Gasteiger partial charge in [-0.05, 0) is 19.1 Å². The Hall–Kier alpha value is -1.29. The number of nitrogens with two attached hydrogens (primary N) is 1. The van der Waals surface area contributed by atoms with Crippen molar-refractivity contribution in [3.8, 4) is 0 Å². The number of morpholine rings is 1. The zero-order valence-corrected chi connectivity index (χ0v) is 10.3. The highest BCUT2D eigenvalue weighted by atomic mass is 16.5. The Morgan fingerprint density at radius 2 is 2.19 bits per heavy atom. The van der Waals surface area contributed by atoms with Crippen LogP contribution in [0, 0.1) is 0 Å². The van der Waals surface area contributed by atoms with Crippen molar-refractivity contribution in [1.29, 1.82) is 0 Å². The molecule has 1 fully saturated rings. The van der Waals surface area contributed by atoms with Crippen molar-refractivity contribution in [2.45, 2.75) is 26.9 Å². The molecule has 2 rings (SSSR count). The standard InChI is InChI=1S/C10H15N3O.C2H6/c1-8-7-13(4-5-14-8)9-2-3-10(11)12-6-9;1-2/h2-3,6,8H,4-5,7H2,1H3,(H2,11,12);1-2H3/t8-;/m0./s1. The molecule has 1 aliphatic rings. The summed E-state index contributed by atoms with van der Waals surface area (Å²) in [5.41, 5.74) is 6.65.